The first-order chi connectivity index (χ1) is 9.17. The van der Waals surface area contributed by atoms with Gasteiger partial charge >= 0.3 is 0 Å². The van der Waals surface area contributed by atoms with E-state index in [1.165, 1.54) is 0 Å². The molecule has 0 unspecified atom stereocenters. The number of nitrogen functional groups attached to an aromatic ring is 1. The summed E-state index contributed by atoms with van der Waals surface area (Å²) in [6.07, 6.45) is 0. The molecule has 1 aromatic heterocycles. The van der Waals surface area contributed by atoms with Gasteiger partial charge in [0.2, 0.25) is 0 Å². The molecule has 100 valence electrons. The largest absolute Gasteiger partial charge is 0.494 e. The van der Waals surface area contributed by atoms with E-state index in [4.69, 9.17) is 10.5 Å². The Hall–Kier alpha value is -2.23. The number of anilines is 1. The maximum atomic E-state index is 12.0. The molecule has 0 atom stereocenters. The van der Waals surface area contributed by atoms with E-state index in [0.717, 1.165) is 17.0 Å². The van der Waals surface area contributed by atoms with Crippen LogP contribution in [0, 0.1) is 0 Å². The number of rotatable bonds is 4. The van der Waals surface area contributed by atoms with Crippen molar-refractivity contribution < 1.29 is 4.74 Å². The molecule has 0 aliphatic rings. The van der Waals surface area contributed by atoms with Gasteiger partial charge in [-0.15, -0.1) is 0 Å². The molecule has 4 nitrogen and oxygen atoms in total. The van der Waals surface area contributed by atoms with Gasteiger partial charge < -0.3 is 15.0 Å². The molecule has 2 rings (SSSR count). The first kappa shape index (κ1) is 13.2. The number of hydrogen-bond donors (Lipinski definition) is 1. The average molecular weight is 258 g/mol. The summed E-state index contributed by atoms with van der Waals surface area (Å²) < 4.78 is 7.15. The third-order valence-corrected chi connectivity index (χ3v) is 2.96. The minimum absolute atomic E-state index is 0.151. The first-order valence-corrected chi connectivity index (χ1v) is 6.40. The van der Waals surface area contributed by atoms with Crippen LogP contribution in [0.15, 0.2) is 41.2 Å². The molecule has 19 heavy (non-hydrogen) atoms. The predicted octanol–water partition coefficient (Wildman–Crippen LogP) is 2.52. The number of aromatic nitrogens is 1. The van der Waals surface area contributed by atoms with Gasteiger partial charge in [0.25, 0.3) is 5.56 Å². The van der Waals surface area contributed by atoms with Gasteiger partial charge in [0, 0.05) is 12.1 Å². The zero-order valence-corrected chi connectivity index (χ0v) is 11.2. The number of benzene rings is 1. The van der Waals surface area contributed by atoms with E-state index in [1.807, 2.05) is 44.2 Å². The lowest BCUT2D eigenvalue weighted by Gasteiger charge is -2.13. The van der Waals surface area contributed by atoms with Crippen LogP contribution in [0.5, 0.6) is 5.75 Å². The van der Waals surface area contributed by atoms with Crippen molar-refractivity contribution in [3.05, 3.63) is 46.8 Å². The van der Waals surface area contributed by atoms with E-state index in [9.17, 15) is 4.79 Å². The van der Waals surface area contributed by atoms with Gasteiger partial charge in [-0.05, 0) is 38.1 Å². The zero-order valence-electron chi connectivity index (χ0n) is 11.2. The SMILES string of the molecule is CCOc1cccc(-c2ccc(N)c(=O)n2CC)c1. The number of pyridine rings is 1. The van der Waals surface area contributed by atoms with E-state index < -0.39 is 0 Å². The highest BCUT2D eigenvalue weighted by molar-refractivity contribution is 5.63. The number of hydrogen-bond acceptors (Lipinski definition) is 3. The molecule has 0 amide bonds. The van der Waals surface area contributed by atoms with Crippen molar-refractivity contribution in [3.8, 4) is 17.0 Å². The molecule has 0 fully saturated rings. The van der Waals surface area contributed by atoms with Crippen molar-refractivity contribution in [3.63, 3.8) is 0 Å². The van der Waals surface area contributed by atoms with Crippen LogP contribution in [0.3, 0.4) is 0 Å². The topological polar surface area (TPSA) is 57.2 Å². The highest BCUT2D eigenvalue weighted by Gasteiger charge is 2.08. The van der Waals surface area contributed by atoms with Crippen LogP contribution < -0.4 is 16.0 Å². The summed E-state index contributed by atoms with van der Waals surface area (Å²) >= 11 is 0. The normalized spacial score (nSPS) is 10.4. The maximum Gasteiger partial charge on any atom is 0.274 e. The summed E-state index contributed by atoms with van der Waals surface area (Å²) in [5, 5.41) is 0. The molecule has 0 saturated carbocycles. The molecule has 1 heterocycles. The lowest BCUT2D eigenvalue weighted by molar-refractivity contribution is 0.340. The maximum absolute atomic E-state index is 12.0. The Labute approximate surface area is 112 Å². The van der Waals surface area contributed by atoms with E-state index in [-0.39, 0.29) is 11.2 Å². The van der Waals surface area contributed by atoms with Gasteiger partial charge in [0.1, 0.15) is 5.75 Å². The smallest absolute Gasteiger partial charge is 0.274 e. The molecule has 4 heteroatoms. The quantitative estimate of drug-likeness (QED) is 0.916. The molecule has 0 bridgehead atoms. The molecule has 2 N–H and O–H groups in total. The summed E-state index contributed by atoms with van der Waals surface area (Å²) in [4.78, 5) is 12.0. The van der Waals surface area contributed by atoms with Gasteiger partial charge in [0.15, 0.2) is 0 Å². The Bertz CT molecular complexity index is 632. The van der Waals surface area contributed by atoms with Gasteiger partial charge in [-0.2, -0.15) is 0 Å². The van der Waals surface area contributed by atoms with Gasteiger partial charge in [-0.25, -0.2) is 0 Å². The van der Waals surface area contributed by atoms with Gasteiger partial charge in [-0.1, -0.05) is 12.1 Å². The lowest BCUT2D eigenvalue weighted by Crippen LogP contribution is -2.23. The van der Waals surface area contributed by atoms with Crippen LogP contribution in [0.25, 0.3) is 11.3 Å². The second-order valence-electron chi connectivity index (χ2n) is 4.18. The van der Waals surface area contributed by atoms with Gasteiger partial charge in [0.05, 0.1) is 18.0 Å². The fraction of sp³-hybridized carbons (Fsp3) is 0.267. The van der Waals surface area contributed by atoms with Gasteiger partial charge in [-0.3, -0.25) is 4.79 Å². The van der Waals surface area contributed by atoms with Crippen molar-refractivity contribution in [1.29, 1.82) is 0 Å². The lowest BCUT2D eigenvalue weighted by atomic mass is 10.1. The summed E-state index contributed by atoms with van der Waals surface area (Å²) in [6.45, 7) is 5.07. The second-order valence-corrected chi connectivity index (χ2v) is 4.18. The Kier molecular flexibility index (Phi) is 3.90. The number of ether oxygens (including phenoxy) is 1. The third-order valence-electron chi connectivity index (χ3n) is 2.96. The fourth-order valence-corrected chi connectivity index (χ4v) is 2.07. The van der Waals surface area contributed by atoms with E-state index in [1.54, 1.807) is 10.6 Å². The van der Waals surface area contributed by atoms with Crippen LogP contribution in [-0.2, 0) is 6.54 Å². The summed E-state index contributed by atoms with van der Waals surface area (Å²) in [7, 11) is 0. The Balaban J connectivity index is 2.55. The molecule has 0 aliphatic heterocycles. The van der Waals surface area contributed by atoms with E-state index >= 15 is 0 Å². The summed E-state index contributed by atoms with van der Waals surface area (Å²) in [5.74, 6) is 0.798. The molecule has 0 spiro atoms. The summed E-state index contributed by atoms with van der Waals surface area (Å²) in [5.41, 5.74) is 7.58. The highest BCUT2D eigenvalue weighted by atomic mass is 16.5. The molecule has 0 radical (unpaired) electrons. The second kappa shape index (κ2) is 5.61. The number of nitrogens with two attached hydrogens (primary N) is 1. The predicted molar refractivity (Wildman–Crippen MR) is 77.4 cm³/mol. The van der Waals surface area contributed by atoms with Crippen molar-refractivity contribution in [2.45, 2.75) is 20.4 Å². The Morgan fingerprint density at radius 3 is 2.68 bits per heavy atom. The minimum Gasteiger partial charge on any atom is -0.494 e. The molecule has 0 saturated heterocycles. The summed E-state index contributed by atoms with van der Waals surface area (Å²) in [6, 6.07) is 11.2. The first-order valence-electron chi connectivity index (χ1n) is 6.40. The average Bonchev–Trinajstić information content (AvgIpc) is 2.42. The van der Waals surface area contributed by atoms with Crippen LogP contribution in [0.1, 0.15) is 13.8 Å². The zero-order chi connectivity index (χ0) is 13.8. The van der Waals surface area contributed by atoms with E-state index in [2.05, 4.69) is 0 Å². The standard InChI is InChI=1S/C15H18N2O2/c1-3-17-14(9-8-13(16)15(17)18)11-6-5-7-12(10-11)19-4-2/h5-10H,3-4,16H2,1-2H3. The van der Waals surface area contributed by atoms with Crippen molar-refractivity contribution >= 4 is 5.69 Å². The number of nitrogens with zero attached hydrogens (tertiary/aromatic N) is 1. The van der Waals surface area contributed by atoms with Crippen LogP contribution in [0.2, 0.25) is 0 Å². The van der Waals surface area contributed by atoms with Crippen molar-refractivity contribution in [2.75, 3.05) is 12.3 Å². The fourth-order valence-electron chi connectivity index (χ4n) is 2.07. The van der Waals surface area contributed by atoms with Crippen LogP contribution >= 0.6 is 0 Å². The minimum atomic E-state index is -0.151. The molecule has 1 aromatic carbocycles. The van der Waals surface area contributed by atoms with Crippen molar-refractivity contribution in [2.24, 2.45) is 0 Å². The molecule has 2 aromatic rings. The Morgan fingerprint density at radius 2 is 2.00 bits per heavy atom. The van der Waals surface area contributed by atoms with Crippen LogP contribution in [0.4, 0.5) is 5.69 Å². The Morgan fingerprint density at radius 1 is 1.21 bits per heavy atom. The van der Waals surface area contributed by atoms with E-state index in [0.29, 0.717) is 13.2 Å². The highest BCUT2D eigenvalue weighted by Crippen LogP contribution is 2.23. The molecular weight excluding hydrogens is 240 g/mol. The monoisotopic (exact) mass is 258 g/mol. The molecular formula is C15H18N2O2. The molecule has 0 aliphatic carbocycles. The van der Waals surface area contributed by atoms with Crippen LogP contribution in [-0.4, -0.2) is 11.2 Å². The third kappa shape index (κ3) is 2.62. The van der Waals surface area contributed by atoms with Crippen molar-refractivity contribution in [1.82, 2.24) is 4.57 Å².